The van der Waals surface area contributed by atoms with Gasteiger partial charge < -0.3 is 16.0 Å². The highest BCUT2D eigenvalue weighted by atomic mass is 16.2. The molecule has 0 aromatic heterocycles. The number of likely N-dealkylation sites (N-methyl/N-ethyl adjacent to an activating group) is 1. The van der Waals surface area contributed by atoms with Crippen molar-refractivity contribution < 1.29 is 9.59 Å². The Bertz CT molecular complexity index is 237. The van der Waals surface area contributed by atoms with Gasteiger partial charge in [-0.05, 0) is 27.7 Å². The van der Waals surface area contributed by atoms with Gasteiger partial charge in [0, 0.05) is 25.6 Å². The largest absolute Gasteiger partial charge is 0.345 e. The number of hydrogen-bond donors (Lipinski definition) is 2. The topological polar surface area (TPSA) is 75.4 Å². The van der Waals surface area contributed by atoms with E-state index >= 15 is 0 Å². The van der Waals surface area contributed by atoms with Crippen molar-refractivity contribution in [2.75, 3.05) is 13.1 Å². The van der Waals surface area contributed by atoms with E-state index in [1.54, 1.807) is 18.7 Å². The lowest BCUT2D eigenvalue weighted by Crippen LogP contribution is -2.47. The van der Waals surface area contributed by atoms with Crippen LogP contribution in [0.1, 0.15) is 34.1 Å². The minimum absolute atomic E-state index is 0.0528. The van der Waals surface area contributed by atoms with E-state index in [2.05, 4.69) is 5.32 Å². The van der Waals surface area contributed by atoms with Crippen LogP contribution >= 0.6 is 0 Å². The van der Waals surface area contributed by atoms with Crippen LogP contribution < -0.4 is 11.1 Å². The van der Waals surface area contributed by atoms with Crippen LogP contribution in [0.3, 0.4) is 0 Å². The van der Waals surface area contributed by atoms with Crippen LogP contribution in [0.25, 0.3) is 0 Å². The normalized spacial score (nSPS) is 14.1. The van der Waals surface area contributed by atoms with Crippen LogP contribution in [0.4, 0.5) is 0 Å². The number of nitrogens with one attached hydrogen (secondary N) is 1. The Balaban J connectivity index is 4.19. The Morgan fingerprint density at radius 3 is 2.12 bits per heavy atom. The van der Waals surface area contributed by atoms with Crippen molar-refractivity contribution >= 4 is 11.8 Å². The molecule has 0 aliphatic heterocycles. The van der Waals surface area contributed by atoms with Crippen molar-refractivity contribution in [3.8, 4) is 0 Å². The molecule has 0 aliphatic rings. The van der Waals surface area contributed by atoms with Gasteiger partial charge in [-0.15, -0.1) is 0 Å². The lowest BCUT2D eigenvalue weighted by Gasteiger charge is -2.23. The Morgan fingerprint density at radius 2 is 1.75 bits per heavy atom. The van der Waals surface area contributed by atoms with Gasteiger partial charge in [0.05, 0.1) is 0 Å². The maximum Gasteiger partial charge on any atom is 0.244 e. The van der Waals surface area contributed by atoms with Gasteiger partial charge in [0.15, 0.2) is 0 Å². The third kappa shape index (κ3) is 5.11. The van der Waals surface area contributed by atoms with Crippen LogP contribution in [-0.2, 0) is 9.59 Å². The molecule has 94 valence electrons. The lowest BCUT2D eigenvalue weighted by molar-refractivity contribution is -0.135. The molecule has 0 saturated heterocycles. The van der Waals surface area contributed by atoms with Crippen molar-refractivity contribution in [1.29, 1.82) is 0 Å². The van der Waals surface area contributed by atoms with E-state index in [-0.39, 0.29) is 24.3 Å². The summed E-state index contributed by atoms with van der Waals surface area (Å²) < 4.78 is 0. The number of nitrogens with zero attached hydrogens (tertiary/aromatic N) is 1. The zero-order chi connectivity index (χ0) is 12.7. The molecular formula is C11H23N3O2. The molecule has 16 heavy (non-hydrogen) atoms. The van der Waals surface area contributed by atoms with Gasteiger partial charge in [0.2, 0.25) is 11.8 Å². The smallest absolute Gasteiger partial charge is 0.244 e. The molecule has 0 aliphatic carbocycles. The maximum absolute atomic E-state index is 11.8. The second-order valence-electron chi connectivity index (χ2n) is 3.98. The zero-order valence-corrected chi connectivity index (χ0v) is 10.6. The van der Waals surface area contributed by atoms with Crippen molar-refractivity contribution in [3.63, 3.8) is 0 Å². The minimum atomic E-state index is -0.480. The van der Waals surface area contributed by atoms with Crippen LogP contribution in [0, 0.1) is 0 Å². The molecule has 0 fully saturated rings. The molecule has 0 radical (unpaired) electrons. The molecule has 5 nitrogen and oxygen atoms in total. The first-order valence-corrected chi connectivity index (χ1v) is 5.76. The van der Waals surface area contributed by atoms with E-state index < -0.39 is 6.04 Å². The summed E-state index contributed by atoms with van der Waals surface area (Å²) in [6, 6.07) is -0.665. The molecule has 3 N–H and O–H groups in total. The predicted molar refractivity (Wildman–Crippen MR) is 63.8 cm³/mol. The van der Waals surface area contributed by atoms with Gasteiger partial charge >= 0.3 is 0 Å². The number of carbonyl (C=O) groups is 2. The molecule has 0 saturated carbocycles. The highest BCUT2D eigenvalue weighted by molar-refractivity contribution is 5.87. The van der Waals surface area contributed by atoms with Gasteiger partial charge in [-0.3, -0.25) is 9.59 Å². The van der Waals surface area contributed by atoms with Crippen molar-refractivity contribution in [2.24, 2.45) is 5.73 Å². The van der Waals surface area contributed by atoms with E-state index in [0.29, 0.717) is 13.1 Å². The Labute approximate surface area is 97.4 Å². The summed E-state index contributed by atoms with van der Waals surface area (Å²) in [5.74, 6) is -0.231. The van der Waals surface area contributed by atoms with Gasteiger partial charge in [-0.25, -0.2) is 0 Å². The van der Waals surface area contributed by atoms with E-state index in [4.69, 9.17) is 5.73 Å². The quantitative estimate of drug-likeness (QED) is 0.678. The van der Waals surface area contributed by atoms with Crippen LogP contribution in [0.15, 0.2) is 0 Å². The second kappa shape index (κ2) is 7.22. The average molecular weight is 229 g/mol. The highest BCUT2D eigenvalue weighted by Crippen LogP contribution is 1.96. The van der Waals surface area contributed by atoms with Crippen LogP contribution in [-0.4, -0.2) is 41.9 Å². The second-order valence-corrected chi connectivity index (χ2v) is 3.98. The molecule has 0 aromatic rings. The van der Waals surface area contributed by atoms with Gasteiger partial charge in [0.1, 0.15) is 6.04 Å². The van der Waals surface area contributed by atoms with E-state index in [1.807, 2.05) is 13.8 Å². The maximum atomic E-state index is 11.8. The SMILES string of the molecule is CCN(CC)C(=O)C(C)NC(=O)CC(C)N. The first-order chi connectivity index (χ1) is 7.42. The molecule has 0 spiro atoms. The van der Waals surface area contributed by atoms with Crippen molar-refractivity contribution in [1.82, 2.24) is 10.2 Å². The molecule has 2 atom stereocenters. The summed E-state index contributed by atoms with van der Waals surface area (Å²) >= 11 is 0. The summed E-state index contributed by atoms with van der Waals surface area (Å²) in [7, 11) is 0. The molecule has 2 amide bonds. The Hall–Kier alpha value is -1.10. The first kappa shape index (κ1) is 14.9. The number of carbonyl (C=O) groups excluding carboxylic acids is 2. The molecule has 0 aromatic carbocycles. The zero-order valence-electron chi connectivity index (χ0n) is 10.6. The average Bonchev–Trinajstić information content (AvgIpc) is 2.17. The van der Waals surface area contributed by atoms with Gasteiger partial charge in [0.25, 0.3) is 0 Å². The third-order valence-electron chi connectivity index (χ3n) is 2.33. The van der Waals surface area contributed by atoms with Crippen molar-refractivity contribution in [3.05, 3.63) is 0 Å². The Kier molecular flexibility index (Phi) is 6.72. The van der Waals surface area contributed by atoms with Crippen LogP contribution in [0.2, 0.25) is 0 Å². The number of nitrogens with two attached hydrogens (primary N) is 1. The summed E-state index contributed by atoms with van der Waals surface area (Å²) in [6.45, 7) is 8.59. The Morgan fingerprint density at radius 1 is 1.25 bits per heavy atom. The summed E-state index contributed by atoms with van der Waals surface area (Å²) in [5.41, 5.74) is 5.50. The van der Waals surface area contributed by atoms with Gasteiger partial charge in [-0.1, -0.05) is 0 Å². The molecular weight excluding hydrogens is 206 g/mol. The predicted octanol–water partition coefficient (Wildman–Crippen LogP) is 0.0968. The minimum Gasteiger partial charge on any atom is -0.345 e. The highest BCUT2D eigenvalue weighted by Gasteiger charge is 2.19. The number of rotatable bonds is 6. The van der Waals surface area contributed by atoms with E-state index in [0.717, 1.165) is 0 Å². The molecule has 0 heterocycles. The third-order valence-corrected chi connectivity index (χ3v) is 2.33. The molecule has 5 heteroatoms. The molecule has 0 rings (SSSR count). The summed E-state index contributed by atoms with van der Waals surface area (Å²) in [6.07, 6.45) is 0.246. The summed E-state index contributed by atoms with van der Waals surface area (Å²) in [4.78, 5) is 24.9. The van der Waals surface area contributed by atoms with Crippen LogP contribution in [0.5, 0.6) is 0 Å². The number of amides is 2. The first-order valence-electron chi connectivity index (χ1n) is 5.76. The lowest BCUT2D eigenvalue weighted by atomic mass is 10.2. The monoisotopic (exact) mass is 229 g/mol. The standard InChI is InChI=1S/C11H23N3O2/c1-5-14(6-2)11(16)9(4)13-10(15)7-8(3)12/h8-9H,5-7,12H2,1-4H3,(H,13,15). The fourth-order valence-corrected chi connectivity index (χ4v) is 1.46. The number of hydrogen-bond acceptors (Lipinski definition) is 3. The fourth-order valence-electron chi connectivity index (χ4n) is 1.46. The van der Waals surface area contributed by atoms with Gasteiger partial charge in [-0.2, -0.15) is 0 Å². The molecule has 2 unspecified atom stereocenters. The molecule has 0 bridgehead atoms. The van der Waals surface area contributed by atoms with Crippen molar-refractivity contribution in [2.45, 2.75) is 46.2 Å². The summed E-state index contributed by atoms with van der Waals surface area (Å²) in [5, 5.41) is 2.65. The van der Waals surface area contributed by atoms with E-state index in [1.165, 1.54) is 0 Å². The van der Waals surface area contributed by atoms with E-state index in [9.17, 15) is 9.59 Å². The fraction of sp³-hybridized carbons (Fsp3) is 0.818.